The van der Waals surface area contributed by atoms with Crippen molar-refractivity contribution in [3.8, 4) is 0 Å². The van der Waals surface area contributed by atoms with E-state index in [2.05, 4.69) is 18.8 Å². The number of benzene rings is 1. The van der Waals surface area contributed by atoms with E-state index >= 15 is 0 Å². The molecule has 5 nitrogen and oxygen atoms in total. The van der Waals surface area contributed by atoms with Gasteiger partial charge in [-0.2, -0.15) is 0 Å². The summed E-state index contributed by atoms with van der Waals surface area (Å²) in [5.41, 5.74) is 6.98. The molecule has 0 fully saturated rings. The predicted molar refractivity (Wildman–Crippen MR) is 82.8 cm³/mol. The fourth-order valence-corrected chi connectivity index (χ4v) is 3.09. The van der Waals surface area contributed by atoms with Crippen LogP contribution in [0, 0.1) is 11.8 Å². The van der Waals surface area contributed by atoms with Gasteiger partial charge in [0.05, 0.1) is 4.90 Å². The van der Waals surface area contributed by atoms with Gasteiger partial charge in [-0.05, 0) is 43.0 Å². The third kappa shape index (κ3) is 4.04. The van der Waals surface area contributed by atoms with Crippen molar-refractivity contribution in [3.63, 3.8) is 0 Å². The fourth-order valence-electron chi connectivity index (χ4n) is 2.45. The highest BCUT2D eigenvalue weighted by atomic mass is 32.2. The number of sulfone groups is 1. The van der Waals surface area contributed by atoms with Crippen molar-refractivity contribution < 1.29 is 12.8 Å². The Hall–Kier alpha value is -1.40. The van der Waals surface area contributed by atoms with Gasteiger partial charge in [-0.15, -0.1) is 0 Å². The van der Waals surface area contributed by atoms with Crippen LogP contribution in [0.25, 0.3) is 11.1 Å². The van der Waals surface area contributed by atoms with Gasteiger partial charge in [0.1, 0.15) is 5.52 Å². The van der Waals surface area contributed by atoms with Crippen LogP contribution < -0.4 is 5.73 Å². The van der Waals surface area contributed by atoms with Crippen molar-refractivity contribution >= 4 is 20.9 Å². The molecule has 6 heteroatoms. The van der Waals surface area contributed by atoms with Gasteiger partial charge in [0.25, 0.3) is 0 Å². The lowest BCUT2D eigenvalue weighted by molar-refractivity contribution is 0.380. The van der Waals surface area contributed by atoms with Crippen LogP contribution in [0.15, 0.2) is 27.5 Å². The van der Waals surface area contributed by atoms with Crippen LogP contribution in [0.5, 0.6) is 0 Å². The first-order valence-corrected chi connectivity index (χ1v) is 8.98. The Kier molecular flexibility index (Phi) is 4.68. The first-order valence-electron chi connectivity index (χ1n) is 7.09. The van der Waals surface area contributed by atoms with E-state index in [1.54, 1.807) is 18.2 Å². The third-order valence-electron chi connectivity index (χ3n) is 3.43. The molecule has 2 aromatic rings. The lowest BCUT2D eigenvalue weighted by Crippen LogP contribution is -2.18. The van der Waals surface area contributed by atoms with Crippen LogP contribution in [0.4, 0.5) is 0 Å². The average Bonchev–Trinajstić information content (AvgIpc) is 2.77. The highest BCUT2D eigenvalue weighted by molar-refractivity contribution is 7.90. The van der Waals surface area contributed by atoms with E-state index in [0.717, 1.165) is 6.42 Å². The van der Waals surface area contributed by atoms with Crippen molar-refractivity contribution in [2.75, 3.05) is 12.8 Å². The molecule has 1 aromatic carbocycles. The standard InChI is InChI=1S/C15H22N2O3S/c1-10(2)6-11(9-16)7-15-17-13-8-12(21(3,18)19)4-5-14(13)20-15/h4-5,8,10-11H,6-7,9,16H2,1-3H3. The topological polar surface area (TPSA) is 86.2 Å². The molecule has 2 rings (SSSR count). The molecule has 0 spiro atoms. The number of oxazole rings is 1. The maximum Gasteiger partial charge on any atom is 0.195 e. The van der Waals surface area contributed by atoms with Gasteiger partial charge in [-0.25, -0.2) is 13.4 Å². The molecule has 1 unspecified atom stereocenters. The quantitative estimate of drug-likeness (QED) is 0.885. The summed E-state index contributed by atoms with van der Waals surface area (Å²) in [5, 5.41) is 0. The minimum absolute atomic E-state index is 0.257. The molecule has 0 radical (unpaired) electrons. The Morgan fingerprint density at radius 2 is 2.05 bits per heavy atom. The van der Waals surface area contributed by atoms with Crippen molar-refractivity contribution in [1.29, 1.82) is 0 Å². The van der Waals surface area contributed by atoms with Gasteiger partial charge in [0.2, 0.25) is 0 Å². The zero-order chi connectivity index (χ0) is 15.6. The smallest absolute Gasteiger partial charge is 0.195 e. The summed E-state index contributed by atoms with van der Waals surface area (Å²) < 4.78 is 28.8. The molecule has 0 amide bonds. The first-order chi connectivity index (χ1) is 9.79. The van der Waals surface area contributed by atoms with E-state index in [9.17, 15) is 8.42 Å². The van der Waals surface area contributed by atoms with Gasteiger partial charge < -0.3 is 10.2 Å². The maximum absolute atomic E-state index is 11.6. The molecule has 0 aliphatic carbocycles. The van der Waals surface area contributed by atoms with E-state index < -0.39 is 9.84 Å². The molecule has 1 aromatic heterocycles. The normalized spacial score (nSPS) is 14.0. The van der Waals surface area contributed by atoms with E-state index in [1.807, 2.05) is 0 Å². The molecule has 2 N–H and O–H groups in total. The predicted octanol–water partition coefficient (Wildman–Crippen LogP) is 2.39. The molecule has 0 aliphatic heterocycles. The number of hydrogen-bond acceptors (Lipinski definition) is 5. The zero-order valence-corrected chi connectivity index (χ0v) is 13.5. The van der Waals surface area contributed by atoms with E-state index in [0.29, 0.717) is 41.8 Å². The molecule has 0 bridgehead atoms. The van der Waals surface area contributed by atoms with Crippen molar-refractivity contribution in [2.45, 2.75) is 31.6 Å². The average molecular weight is 310 g/mol. The van der Waals surface area contributed by atoms with Crippen LogP contribution in [-0.2, 0) is 16.3 Å². The molecule has 0 saturated carbocycles. The van der Waals surface area contributed by atoms with Crippen LogP contribution >= 0.6 is 0 Å². The van der Waals surface area contributed by atoms with Gasteiger partial charge in [0, 0.05) is 12.7 Å². The minimum Gasteiger partial charge on any atom is -0.441 e. The lowest BCUT2D eigenvalue weighted by Gasteiger charge is -2.14. The second kappa shape index (κ2) is 6.15. The molecule has 21 heavy (non-hydrogen) atoms. The number of fused-ring (bicyclic) bond motifs is 1. The monoisotopic (exact) mass is 310 g/mol. The number of rotatable bonds is 6. The number of nitrogens with two attached hydrogens (primary N) is 1. The second-order valence-corrected chi connectivity index (χ2v) is 7.96. The molecular weight excluding hydrogens is 288 g/mol. The first kappa shape index (κ1) is 16.0. The Bertz CT molecular complexity index is 720. The molecule has 1 heterocycles. The SMILES string of the molecule is CC(C)CC(CN)Cc1nc2cc(S(C)(=O)=O)ccc2o1. The Morgan fingerprint density at radius 3 is 2.62 bits per heavy atom. The van der Waals surface area contributed by atoms with Crippen molar-refractivity contribution in [3.05, 3.63) is 24.1 Å². The van der Waals surface area contributed by atoms with Gasteiger partial charge in [-0.3, -0.25) is 0 Å². The molecular formula is C15H22N2O3S. The van der Waals surface area contributed by atoms with Crippen LogP contribution in [0.2, 0.25) is 0 Å². The summed E-state index contributed by atoms with van der Waals surface area (Å²) in [6, 6.07) is 4.75. The summed E-state index contributed by atoms with van der Waals surface area (Å²) >= 11 is 0. The van der Waals surface area contributed by atoms with Gasteiger partial charge in [0.15, 0.2) is 21.3 Å². The highest BCUT2D eigenvalue weighted by Gasteiger charge is 2.16. The van der Waals surface area contributed by atoms with Crippen LogP contribution in [0.3, 0.4) is 0 Å². The summed E-state index contributed by atoms with van der Waals surface area (Å²) in [4.78, 5) is 4.65. The molecule has 116 valence electrons. The maximum atomic E-state index is 11.6. The Labute approximate surface area is 125 Å². The Morgan fingerprint density at radius 1 is 1.33 bits per heavy atom. The van der Waals surface area contributed by atoms with E-state index in [1.165, 1.54) is 6.26 Å². The Balaban J connectivity index is 2.26. The molecule has 1 atom stereocenters. The van der Waals surface area contributed by atoms with E-state index in [4.69, 9.17) is 10.2 Å². The number of hydrogen-bond donors (Lipinski definition) is 1. The molecule has 0 saturated heterocycles. The fraction of sp³-hybridized carbons (Fsp3) is 0.533. The highest BCUT2D eigenvalue weighted by Crippen LogP contribution is 2.23. The minimum atomic E-state index is -3.23. The van der Waals surface area contributed by atoms with Crippen molar-refractivity contribution in [2.24, 2.45) is 17.6 Å². The van der Waals surface area contributed by atoms with Gasteiger partial charge >= 0.3 is 0 Å². The lowest BCUT2D eigenvalue weighted by atomic mass is 9.94. The van der Waals surface area contributed by atoms with Gasteiger partial charge in [-0.1, -0.05) is 13.8 Å². The molecule has 0 aliphatic rings. The second-order valence-electron chi connectivity index (χ2n) is 5.94. The summed E-state index contributed by atoms with van der Waals surface area (Å²) in [6.07, 6.45) is 2.88. The summed E-state index contributed by atoms with van der Waals surface area (Å²) in [5.74, 6) is 1.51. The number of nitrogens with zero attached hydrogens (tertiary/aromatic N) is 1. The van der Waals surface area contributed by atoms with Crippen molar-refractivity contribution in [1.82, 2.24) is 4.98 Å². The number of aromatic nitrogens is 1. The van der Waals surface area contributed by atoms with E-state index in [-0.39, 0.29) is 4.90 Å². The van der Waals surface area contributed by atoms with Crippen LogP contribution in [-0.4, -0.2) is 26.2 Å². The largest absolute Gasteiger partial charge is 0.441 e. The summed E-state index contributed by atoms with van der Waals surface area (Å²) in [7, 11) is -3.23. The summed E-state index contributed by atoms with van der Waals surface area (Å²) in [6.45, 7) is 4.91. The van der Waals surface area contributed by atoms with Crippen LogP contribution in [0.1, 0.15) is 26.2 Å². The third-order valence-corrected chi connectivity index (χ3v) is 4.54. The zero-order valence-electron chi connectivity index (χ0n) is 12.7.